The Hall–Kier alpha value is -1.88. The molecule has 4 nitrogen and oxygen atoms in total. The van der Waals surface area contributed by atoms with Gasteiger partial charge < -0.3 is 10.4 Å². The molecule has 19 heavy (non-hydrogen) atoms. The number of hydrogen-bond donors (Lipinski definition) is 2. The fraction of sp³-hybridized carbons (Fsp3) is 0.286. The molecule has 0 aliphatic carbocycles. The number of benzene rings is 1. The van der Waals surface area contributed by atoms with Gasteiger partial charge in [0.05, 0.1) is 16.8 Å². The van der Waals surface area contributed by atoms with Crippen LogP contribution in [-0.2, 0) is 5.54 Å². The Morgan fingerprint density at radius 3 is 2.74 bits per heavy atom. The van der Waals surface area contributed by atoms with E-state index in [2.05, 4.69) is 10.3 Å². The number of aromatic nitrogens is 1. The molecule has 0 spiro atoms. The fourth-order valence-corrected chi connectivity index (χ4v) is 2.63. The molecule has 5 heteroatoms. The molecule has 0 saturated carbocycles. The van der Waals surface area contributed by atoms with Gasteiger partial charge in [-0.1, -0.05) is 12.1 Å². The zero-order valence-corrected chi connectivity index (χ0v) is 11.9. The third-order valence-electron chi connectivity index (χ3n) is 2.91. The number of carboxylic acids is 1. The number of carbonyl (C=O) groups is 1. The van der Waals surface area contributed by atoms with E-state index in [1.807, 2.05) is 32.2 Å². The Morgan fingerprint density at radius 1 is 1.42 bits per heavy atom. The van der Waals surface area contributed by atoms with Gasteiger partial charge in [0.25, 0.3) is 0 Å². The van der Waals surface area contributed by atoms with E-state index in [0.29, 0.717) is 5.69 Å². The van der Waals surface area contributed by atoms with Crippen molar-refractivity contribution < 1.29 is 9.90 Å². The van der Waals surface area contributed by atoms with Crippen LogP contribution in [0.3, 0.4) is 0 Å². The Morgan fingerprint density at radius 2 is 2.16 bits per heavy atom. The molecule has 1 heterocycles. The first-order valence-corrected chi connectivity index (χ1v) is 6.81. The maximum absolute atomic E-state index is 11.3. The first-order valence-electron chi connectivity index (χ1n) is 5.93. The number of aryl methyl sites for hydroxylation is 1. The highest BCUT2D eigenvalue weighted by Gasteiger charge is 2.25. The van der Waals surface area contributed by atoms with E-state index < -0.39 is 11.5 Å². The van der Waals surface area contributed by atoms with Gasteiger partial charge in [0.1, 0.15) is 5.01 Å². The number of anilines is 1. The summed E-state index contributed by atoms with van der Waals surface area (Å²) in [6.45, 7) is 5.88. The molecule has 2 N–H and O–H groups in total. The minimum atomic E-state index is -0.930. The third-order valence-corrected chi connectivity index (χ3v) is 4.00. The first-order chi connectivity index (χ1) is 8.92. The van der Waals surface area contributed by atoms with Gasteiger partial charge in [0.15, 0.2) is 0 Å². The van der Waals surface area contributed by atoms with Gasteiger partial charge in [0, 0.05) is 11.6 Å². The Kier molecular flexibility index (Phi) is 3.57. The maximum atomic E-state index is 11.3. The molecule has 100 valence electrons. The zero-order chi connectivity index (χ0) is 14.0. The lowest BCUT2D eigenvalue weighted by molar-refractivity contribution is 0.0697. The molecular formula is C14H16N2O2S. The molecule has 0 unspecified atom stereocenters. The van der Waals surface area contributed by atoms with Gasteiger partial charge in [-0.2, -0.15) is 0 Å². The molecule has 0 aliphatic rings. The lowest BCUT2D eigenvalue weighted by Crippen LogP contribution is -2.29. The van der Waals surface area contributed by atoms with Crippen molar-refractivity contribution >= 4 is 23.0 Å². The Balaban J connectivity index is 2.41. The van der Waals surface area contributed by atoms with Crippen molar-refractivity contribution in [1.82, 2.24) is 4.98 Å². The molecular weight excluding hydrogens is 260 g/mol. The van der Waals surface area contributed by atoms with Crippen molar-refractivity contribution in [3.8, 4) is 0 Å². The molecule has 0 amide bonds. The van der Waals surface area contributed by atoms with Gasteiger partial charge in [0.2, 0.25) is 0 Å². The van der Waals surface area contributed by atoms with Gasteiger partial charge in [-0.15, -0.1) is 11.3 Å². The van der Waals surface area contributed by atoms with Crippen LogP contribution in [0.1, 0.15) is 34.8 Å². The van der Waals surface area contributed by atoms with Crippen molar-refractivity contribution in [2.45, 2.75) is 26.3 Å². The lowest BCUT2D eigenvalue weighted by atomic mass is 10.0. The van der Waals surface area contributed by atoms with Crippen molar-refractivity contribution in [2.24, 2.45) is 0 Å². The minimum absolute atomic E-state index is 0.282. The molecule has 0 aliphatic heterocycles. The zero-order valence-electron chi connectivity index (χ0n) is 11.1. The molecule has 0 radical (unpaired) electrons. The average molecular weight is 276 g/mol. The van der Waals surface area contributed by atoms with E-state index in [1.54, 1.807) is 29.7 Å². The van der Waals surface area contributed by atoms with Crippen LogP contribution < -0.4 is 5.32 Å². The minimum Gasteiger partial charge on any atom is -0.478 e. The Bertz CT molecular complexity index is 591. The number of para-hydroxylation sites is 1. The molecule has 2 aromatic rings. The summed E-state index contributed by atoms with van der Waals surface area (Å²) in [5, 5.41) is 15.4. The van der Waals surface area contributed by atoms with Crippen LogP contribution in [-0.4, -0.2) is 16.1 Å². The normalized spacial score (nSPS) is 11.3. The van der Waals surface area contributed by atoms with Crippen LogP contribution in [0.4, 0.5) is 5.69 Å². The topological polar surface area (TPSA) is 62.2 Å². The van der Waals surface area contributed by atoms with Crippen LogP contribution >= 0.6 is 11.3 Å². The number of nitrogens with one attached hydrogen (secondary N) is 1. The molecule has 0 saturated heterocycles. The molecule has 0 atom stereocenters. The fourth-order valence-electron chi connectivity index (χ4n) is 1.91. The van der Waals surface area contributed by atoms with Crippen LogP contribution in [0.15, 0.2) is 29.8 Å². The Labute approximate surface area is 116 Å². The summed E-state index contributed by atoms with van der Waals surface area (Å²) in [6.07, 6.45) is 1.75. The quantitative estimate of drug-likeness (QED) is 0.897. The first kappa shape index (κ1) is 13.5. The summed E-state index contributed by atoms with van der Waals surface area (Å²) in [7, 11) is 0. The van der Waals surface area contributed by atoms with E-state index in [-0.39, 0.29) is 5.56 Å². The number of nitrogens with zero attached hydrogens (tertiary/aromatic N) is 1. The third kappa shape index (κ3) is 2.76. The van der Waals surface area contributed by atoms with E-state index >= 15 is 0 Å². The van der Waals surface area contributed by atoms with Gasteiger partial charge >= 0.3 is 5.97 Å². The summed E-state index contributed by atoms with van der Waals surface area (Å²) in [5.41, 5.74) is 1.43. The van der Waals surface area contributed by atoms with Crippen LogP contribution in [0.5, 0.6) is 0 Å². The van der Waals surface area contributed by atoms with Crippen molar-refractivity contribution in [3.63, 3.8) is 0 Å². The molecule has 2 rings (SSSR count). The number of thiazole rings is 1. The monoisotopic (exact) mass is 276 g/mol. The van der Waals surface area contributed by atoms with E-state index in [0.717, 1.165) is 10.6 Å². The van der Waals surface area contributed by atoms with E-state index in [4.69, 9.17) is 0 Å². The smallest absolute Gasteiger partial charge is 0.337 e. The lowest BCUT2D eigenvalue weighted by Gasteiger charge is -2.27. The van der Waals surface area contributed by atoms with Crippen LogP contribution in [0.25, 0.3) is 0 Å². The average Bonchev–Trinajstić information content (AvgIpc) is 2.85. The van der Waals surface area contributed by atoms with Crippen LogP contribution in [0, 0.1) is 6.92 Å². The molecule has 0 bridgehead atoms. The van der Waals surface area contributed by atoms with Gasteiger partial charge in [-0.05, 0) is 32.4 Å². The van der Waals surface area contributed by atoms with E-state index in [1.165, 1.54) is 0 Å². The summed E-state index contributed by atoms with van der Waals surface area (Å²) in [6, 6.07) is 5.25. The van der Waals surface area contributed by atoms with Crippen LogP contribution in [0.2, 0.25) is 0 Å². The summed E-state index contributed by atoms with van der Waals surface area (Å²) in [5.74, 6) is -0.930. The number of aromatic carboxylic acids is 1. The maximum Gasteiger partial charge on any atom is 0.337 e. The van der Waals surface area contributed by atoms with E-state index in [9.17, 15) is 9.90 Å². The molecule has 1 aromatic carbocycles. The summed E-state index contributed by atoms with van der Waals surface area (Å²) < 4.78 is 0. The number of rotatable bonds is 4. The summed E-state index contributed by atoms with van der Waals surface area (Å²) in [4.78, 5) is 15.6. The molecule has 0 fully saturated rings. The number of hydrogen-bond acceptors (Lipinski definition) is 4. The highest BCUT2D eigenvalue weighted by Crippen LogP contribution is 2.30. The molecule has 1 aromatic heterocycles. The van der Waals surface area contributed by atoms with Crippen molar-refractivity contribution in [2.75, 3.05) is 5.32 Å². The second kappa shape index (κ2) is 5.01. The second-order valence-corrected chi connectivity index (χ2v) is 5.78. The SMILES string of the molecule is Cc1cccc(C(=O)O)c1NC(C)(C)c1nccs1. The highest BCUT2D eigenvalue weighted by molar-refractivity contribution is 7.09. The van der Waals surface area contributed by atoms with Gasteiger partial charge in [-0.25, -0.2) is 9.78 Å². The van der Waals surface area contributed by atoms with Crippen molar-refractivity contribution in [3.05, 3.63) is 45.9 Å². The second-order valence-electron chi connectivity index (χ2n) is 4.89. The van der Waals surface area contributed by atoms with Gasteiger partial charge in [-0.3, -0.25) is 0 Å². The number of carboxylic acid groups (broad SMARTS) is 1. The predicted molar refractivity (Wildman–Crippen MR) is 76.9 cm³/mol. The largest absolute Gasteiger partial charge is 0.478 e. The summed E-state index contributed by atoms with van der Waals surface area (Å²) >= 11 is 1.55. The standard InChI is InChI=1S/C14H16N2O2S/c1-9-5-4-6-10(12(17)18)11(9)16-14(2,3)13-15-7-8-19-13/h4-8,16H,1-3H3,(H,17,18). The predicted octanol–water partition coefficient (Wildman–Crippen LogP) is 3.50. The highest BCUT2D eigenvalue weighted by atomic mass is 32.1. The van der Waals surface area contributed by atoms with Crippen molar-refractivity contribution in [1.29, 1.82) is 0 Å².